The number of piperazine rings is 1. The van der Waals surface area contributed by atoms with Crippen molar-refractivity contribution in [2.75, 3.05) is 33.3 Å². The Morgan fingerprint density at radius 2 is 1.72 bits per heavy atom. The van der Waals surface area contributed by atoms with Crippen molar-refractivity contribution in [1.82, 2.24) is 14.4 Å². The first-order valence-corrected chi connectivity index (χ1v) is 15.5. The second-order valence-corrected chi connectivity index (χ2v) is 10.3. The lowest BCUT2D eigenvalue weighted by Gasteiger charge is -2.34. The highest BCUT2D eigenvalue weighted by atomic mass is 16.5. The molecule has 1 aromatic carbocycles. The molecule has 0 unspecified atom stereocenters. The third kappa shape index (κ3) is 17.2. The zero-order valence-electron chi connectivity index (χ0n) is 28.9. The molecule has 3 rings (SSSR count). The van der Waals surface area contributed by atoms with Gasteiger partial charge in [-0.15, -0.1) is 0 Å². The molecule has 1 aliphatic heterocycles. The molecule has 0 spiro atoms. The molecule has 1 saturated heterocycles. The standard InChI is InChI=1S/C18H23N3O2.C7H15N.C5H10O.C3H5N.C2H6/c1-3-17(23)21-9-7-20(8-10-21)12-15-6-4-5-14-11-16(13-22)19(2)18(14)15;1-6(2)4-5-7(3)8;1-4-5(2)6-3;1-2-3-4;1-2/h4-6,11,13H,3,7-10,12H2,1-2H3;5-6H,4,8H2,1-3H3;4H,1-3H3;2H2,1H3;1-2H3/b;7-5+;5-4+;;. The van der Waals surface area contributed by atoms with Gasteiger partial charge in [0.05, 0.1) is 30.1 Å². The van der Waals surface area contributed by atoms with Gasteiger partial charge in [0, 0.05) is 63.7 Å². The molecular formula is C35H59N5O3. The number of aryl methyl sites for hydroxylation is 1. The van der Waals surface area contributed by atoms with Gasteiger partial charge in [-0.25, -0.2) is 0 Å². The second-order valence-electron chi connectivity index (χ2n) is 10.3. The van der Waals surface area contributed by atoms with E-state index in [1.807, 2.05) is 95.3 Å². The number of carbonyl (C=O) groups is 2. The molecule has 0 saturated carbocycles. The van der Waals surface area contributed by atoms with Crippen molar-refractivity contribution in [3.8, 4) is 6.07 Å². The van der Waals surface area contributed by atoms with Crippen LogP contribution in [0.3, 0.4) is 0 Å². The van der Waals surface area contributed by atoms with Gasteiger partial charge in [0.25, 0.3) is 0 Å². The van der Waals surface area contributed by atoms with Crippen LogP contribution in [0.2, 0.25) is 0 Å². The Kier molecular flexibility index (Phi) is 24.1. The first kappa shape index (κ1) is 41.6. The van der Waals surface area contributed by atoms with Crippen LogP contribution in [0.15, 0.2) is 47.9 Å². The summed E-state index contributed by atoms with van der Waals surface area (Å²) >= 11 is 0. The van der Waals surface area contributed by atoms with E-state index < -0.39 is 0 Å². The lowest BCUT2D eigenvalue weighted by atomic mass is 10.1. The van der Waals surface area contributed by atoms with Crippen LogP contribution in [0, 0.1) is 17.2 Å². The fourth-order valence-electron chi connectivity index (χ4n) is 3.92. The minimum atomic E-state index is 0.241. The maximum atomic E-state index is 11.8. The predicted molar refractivity (Wildman–Crippen MR) is 182 cm³/mol. The number of para-hydroxylation sites is 1. The molecule has 242 valence electrons. The number of ether oxygens (including phenoxy) is 1. The third-order valence-corrected chi connectivity index (χ3v) is 6.52. The van der Waals surface area contributed by atoms with E-state index in [1.54, 1.807) is 7.11 Å². The van der Waals surface area contributed by atoms with Gasteiger partial charge in [0.2, 0.25) is 5.91 Å². The molecule has 1 aliphatic rings. The Morgan fingerprint density at radius 3 is 2.09 bits per heavy atom. The summed E-state index contributed by atoms with van der Waals surface area (Å²) in [4.78, 5) is 27.2. The summed E-state index contributed by atoms with van der Waals surface area (Å²) in [5.41, 5.74) is 9.39. The maximum absolute atomic E-state index is 11.8. The van der Waals surface area contributed by atoms with E-state index in [-0.39, 0.29) is 5.91 Å². The number of nitrogens with two attached hydrogens (primary N) is 1. The molecule has 2 heterocycles. The largest absolute Gasteiger partial charge is 0.502 e. The fraction of sp³-hybridized carbons (Fsp3) is 0.571. The average Bonchev–Trinajstić information content (AvgIpc) is 3.37. The smallest absolute Gasteiger partial charge is 0.222 e. The number of rotatable bonds is 7. The quantitative estimate of drug-likeness (QED) is 0.263. The molecule has 2 N–H and O–H groups in total. The van der Waals surface area contributed by atoms with Crippen LogP contribution in [-0.2, 0) is 23.1 Å². The maximum Gasteiger partial charge on any atom is 0.222 e. The second kappa shape index (κ2) is 25.0. The summed E-state index contributed by atoms with van der Waals surface area (Å²) in [6.45, 7) is 22.1. The van der Waals surface area contributed by atoms with Crippen molar-refractivity contribution < 1.29 is 14.3 Å². The highest BCUT2D eigenvalue weighted by Crippen LogP contribution is 2.23. The van der Waals surface area contributed by atoms with Crippen molar-refractivity contribution in [3.63, 3.8) is 0 Å². The first-order valence-electron chi connectivity index (χ1n) is 15.5. The van der Waals surface area contributed by atoms with Gasteiger partial charge in [-0.2, -0.15) is 5.26 Å². The number of carbonyl (C=O) groups excluding carboxylic acids is 2. The molecule has 1 amide bonds. The molecule has 0 bridgehead atoms. The van der Waals surface area contributed by atoms with Gasteiger partial charge < -0.3 is 19.9 Å². The van der Waals surface area contributed by atoms with Gasteiger partial charge in [0.15, 0.2) is 6.29 Å². The van der Waals surface area contributed by atoms with E-state index in [9.17, 15) is 9.59 Å². The lowest BCUT2D eigenvalue weighted by Crippen LogP contribution is -2.48. The normalized spacial score (nSPS) is 13.1. The topological polar surface area (TPSA) is 105 Å². The Morgan fingerprint density at radius 1 is 1.14 bits per heavy atom. The van der Waals surface area contributed by atoms with Gasteiger partial charge in [-0.05, 0) is 44.7 Å². The molecule has 2 aromatic rings. The van der Waals surface area contributed by atoms with Crippen LogP contribution in [0.5, 0.6) is 0 Å². The number of fused-ring (bicyclic) bond motifs is 1. The fourth-order valence-corrected chi connectivity index (χ4v) is 3.92. The zero-order chi connectivity index (χ0) is 33.4. The van der Waals surface area contributed by atoms with Crippen LogP contribution in [0.25, 0.3) is 10.9 Å². The number of allylic oxidation sites excluding steroid dienone is 4. The van der Waals surface area contributed by atoms with Crippen LogP contribution in [0.4, 0.5) is 0 Å². The molecule has 43 heavy (non-hydrogen) atoms. The Labute approximate surface area is 262 Å². The molecule has 8 nitrogen and oxygen atoms in total. The molecule has 0 aliphatic carbocycles. The Hall–Kier alpha value is -3.57. The average molecular weight is 598 g/mol. The number of nitrogens with zero attached hydrogens (tertiary/aromatic N) is 4. The summed E-state index contributed by atoms with van der Waals surface area (Å²) in [7, 11) is 3.60. The summed E-state index contributed by atoms with van der Waals surface area (Å²) in [5.74, 6) is 1.94. The van der Waals surface area contributed by atoms with E-state index >= 15 is 0 Å². The van der Waals surface area contributed by atoms with Crippen molar-refractivity contribution in [1.29, 1.82) is 5.26 Å². The Balaban J connectivity index is 0. The number of benzene rings is 1. The monoisotopic (exact) mass is 597 g/mol. The van der Waals surface area contributed by atoms with E-state index in [1.165, 1.54) is 5.56 Å². The van der Waals surface area contributed by atoms with E-state index in [0.717, 1.165) is 73.7 Å². The molecular weight excluding hydrogens is 538 g/mol. The van der Waals surface area contributed by atoms with Crippen molar-refractivity contribution in [2.45, 2.75) is 88.1 Å². The molecule has 0 radical (unpaired) electrons. The van der Waals surface area contributed by atoms with Gasteiger partial charge >= 0.3 is 0 Å². The molecule has 8 heteroatoms. The number of hydrogen-bond acceptors (Lipinski definition) is 6. The van der Waals surface area contributed by atoms with E-state index in [2.05, 4.69) is 30.9 Å². The summed E-state index contributed by atoms with van der Waals surface area (Å²) in [6.07, 6.45) is 7.18. The van der Waals surface area contributed by atoms with Gasteiger partial charge in [0.1, 0.15) is 0 Å². The van der Waals surface area contributed by atoms with Gasteiger partial charge in [-0.1, -0.05) is 71.9 Å². The lowest BCUT2D eigenvalue weighted by molar-refractivity contribution is -0.132. The number of aromatic nitrogens is 1. The Bertz CT molecular complexity index is 1150. The van der Waals surface area contributed by atoms with E-state index in [0.29, 0.717) is 18.5 Å². The van der Waals surface area contributed by atoms with Crippen molar-refractivity contribution in [2.24, 2.45) is 18.7 Å². The number of methoxy groups -OCH3 is 1. The zero-order valence-corrected chi connectivity index (χ0v) is 28.9. The minimum Gasteiger partial charge on any atom is -0.502 e. The molecule has 0 atom stereocenters. The number of amides is 1. The van der Waals surface area contributed by atoms with Gasteiger partial charge in [-0.3, -0.25) is 14.5 Å². The SMILES string of the molecule is C/C(N)=C\CC(C)C.C/C=C(\C)OC.CC.CCC#N.CCC(=O)N1CCN(Cc2cccc3cc(C=O)n(C)c23)CC1. The summed E-state index contributed by atoms with van der Waals surface area (Å²) in [5, 5.41) is 8.73. The molecule has 1 aromatic heterocycles. The highest BCUT2D eigenvalue weighted by Gasteiger charge is 2.21. The van der Waals surface area contributed by atoms with Crippen LogP contribution in [-0.4, -0.2) is 59.8 Å². The number of aldehydes is 1. The van der Waals surface area contributed by atoms with Crippen LogP contribution < -0.4 is 5.73 Å². The first-order chi connectivity index (χ1) is 20.5. The van der Waals surface area contributed by atoms with E-state index in [4.69, 9.17) is 15.7 Å². The molecule has 1 fully saturated rings. The van der Waals surface area contributed by atoms with Crippen molar-refractivity contribution in [3.05, 3.63) is 59.1 Å². The summed E-state index contributed by atoms with van der Waals surface area (Å²) in [6, 6.07) is 10.1. The van der Waals surface area contributed by atoms with Crippen LogP contribution in [0.1, 0.15) is 97.6 Å². The highest BCUT2D eigenvalue weighted by molar-refractivity contribution is 5.90. The number of hydrogen-bond donors (Lipinski definition) is 1. The predicted octanol–water partition coefficient (Wildman–Crippen LogP) is 7.44. The summed E-state index contributed by atoms with van der Waals surface area (Å²) < 4.78 is 6.73. The van der Waals surface area contributed by atoms with Crippen LogP contribution >= 0.6 is 0 Å². The minimum absolute atomic E-state index is 0.241. The number of nitriles is 1. The third-order valence-electron chi connectivity index (χ3n) is 6.52. The van der Waals surface area contributed by atoms with Crippen molar-refractivity contribution >= 4 is 23.1 Å².